The molecular weight excluding hydrogens is 579 g/mol. The minimum absolute atomic E-state index is 0.145. The summed E-state index contributed by atoms with van der Waals surface area (Å²) in [4.78, 5) is 44.5. The number of pyridine rings is 2. The van der Waals surface area contributed by atoms with Crippen LogP contribution in [0.25, 0.3) is 39.2 Å². The van der Waals surface area contributed by atoms with Gasteiger partial charge in [0.05, 0.1) is 30.1 Å². The molecule has 2 amide bonds. The molecule has 0 aliphatic carbocycles. The van der Waals surface area contributed by atoms with Crippen molar-refractivity contribution in [2.75, 3.05) is 11.9 Å². The van der Waals surface area contributed by atoms with Crippen LogP contribution in [0.4, 0.5) is 10.1 Å². The van der Waals surface area contributed by atoms with Crippen molar-refractivity contribution in [3.63, 3.8) is 0 Å². The Bertz CT molecular complexity index is 2090. The van der Waals surface area contributed by atoms with Crippen molar-refractivity contribution < 1.29 is 18.8 Å². The number of anilines is 1. The van der Waals surface area contributed by atoms with E-state index in [1.807, 2.05) is 31.2 Å². The number of hydrogen-bond donors (Lipinski definition) is 1. The Balaban J connectivity index is 1.11. The van der Waals surface area contributed by atoms with Gasteiger partial charge in [0.1, 0.15) is 30.1 Å². The number of fused-ring (bicyclic) bond motifs is 2. The molecule has 0 saturated carbocycles. The van der Waals surface area contributed by atoms with Crippen LogP contribution in [-0.4, -0.2) is 81.3 Å². The number of aldehydes is 1. The first kappa shape index (κ1) is 27.9. The summed E-state index contributed by atoms with van der Waals surface area (Å²) in [5, 5.41) is 23.8. The lowest BCUT2D eigenvalue weighted by atomic mass is 10.1. The molecule has 5 aromatic heterocycles. The van der Waals surface area contributed by atoms with Gasteiger partial charge >= 0.3 is 0 Å². The highest BCUT2D eigenvalue weighted by Crippen LogP contribution is 2.27. The normalized spacial score (nSPS) is 16.4. The molecule has 0 radical (unpaired) electrons. The van der Waals surface area contributed by atoms with E-state index in [-0.39, 0.29) is 25.2 Å². The first-order valence-corrected chi connectivity index (χ1v) is 14.1. The van der Waals surface area contributed by atoms with Gasteiger partial charge in [-0.05, 0) is 55.0 Å². The molecule has 1 aromatic carbocycles. The fourth-order valence-electron chi connectivity index (χ4n) is 5.61. The average Bonchev–Trinajstić information content (AvgIpc) is 3.76. The molecule has 0 spiro atoms. The van der Waals surface area contributed by atoms with Crippen molar-refractivity contribution >= 4 is 40.3 Å². The van der Waals surface area contributed by atoms with Gasteiger partial charge in [-0.25, -0.2) is 9.37 Å². The maximum Gasteiger partial charge on any atom is 0.247 e. The van der Waals surface area contributed by atoms with Crippen LogP contribution in [0.1, 0.15) is 22.6 Å². The van der Waals surface area contributed by atoms with Crippen molar-refractivity contribution in [3.05, 3.63) is 84.6 Å². The van der Waals surface area contributed by atoms with Gasteiger partial charge in [-0.2, -0.15) is 15.3 Å². The Kier molecular flexibility index (Phi) is 7.00. The number of aromatic nitrogens is 8. The number of carbonyl (C=O) groups is 3. The van der Waals surface area contributed by atoms with Crippen molar-refractivity contribution in [2.45, 2.75) is 32.1 Å². The molecule has 13 nitrogen and oxygen atoms in total. The van der Waals surface area contributed by atoms with E-state index in [9.17, 15) is 18.8 Å². The number of rotatable bonds is 7. The second-order valence-corrected chi connectivity index (χ2v) is 10.7. The maximum atomic E-state index is 14.7. The minimum atomic E-state index is -1.37. The highest BCUT2D eigenvalue weighted by molar-refractivity contribution is 5.99. The Morgan fingerprint density at radius 2 is 1.96 bits per heavy atom. The Hall–Kier alpha value is -5.92. The van der Waals surface area contributed by atoms with E-state index in [4.69, 9.17) is 0 Å². The van der Waals surface area contributed by atoms with Gasteiger partial charge in [-0.1, -0.05) is 12.1 Å². The zero-order valence-corrected chi connectivity index (χ0v) is 23.9. The molecule has 6 heterocycles. The van der Waals surface area contributed by atoms with Crippen LogP contribution < -0.4 is 5.32 Å². The number of aryl methyl sites for hydroxylation is 1. The summed E-state index contributed by atoms with van der Waals surface area (Å²) in [6.45, 7) is 1.36. The number of hydrogen-bond acceptors (Lipinski definition) is 9. The number of halogens is 1. The van der Waals surface area contributed by atoms with E-state index >= 15 is 0 Å². The van der Waals surface area contributed by atoms with Gasteiger partial charge in [0.15, 0.2) is 17.8 Å². The summed E-state index contributed by atoms with van der Waals surface area (Å²) in [5.74, 6) is -0.528. The third-order valence-corrected chi connectivity index (χ3v) is 7.75. The third-order valence-electron chi connectivity index (χ3n) is 7.75. The van der Waals surface area contributed by atoms with Crippen LogP contribution in [0.3, 0.4) is 0 Å². The number of likely N-dealkylation sites (tertiary alicyclic amines) is 1. The van der Waals surface area contributed by atoms with Crippen LogP contribution in [0, 0.1) is 6.92 Å². The predicted molar refractivity (Wildman–Crippen MR) is 161 cm³/mol. The number of nitrogens with one attached hydrogen (secondary N) is 1. The Morgan fingerprint density at radius 1 is 1.07 bits per heavy atom. The Morgan fingerprint density at radius 3 is 2.76 bits per heavy atom. The fourth-order valence-corrected chi connectivity index (χ4v) is 5.61. The summed E-state index contributed by atoms with van der Waals surface area (Å²) in [7, 11) is 0. The van der Waals surface area contributed by atoms with Crippen molar-refractivity contribution in [3.8, 4) is 22.6 Å². The second-order valence-electron chi connectivity index (χ2n) is 10.7. The molecule has 1 fully saturated rings. The van der Waals surface area contributed by atoms with Gasteiger partial charge in [0.2, 0.25) is 11.8 Å². The van der Waals surface area contributed by atoms with Crippen LogP contribution in [0.15, 0.2) is 73.2 Å². The molecular formula is C31H25FN10O3. The second kappa shape index (κ2) is 11.3. The van der Waals surface area contributed by atoms with Crippen LogP contribution in [0.2, 0.25) is 0 Å². The average molecular weight is 605 g/mol. The molecule has 1 saturated heterocycles. The van der Waals surface area contributed by atoms with Crippen LogP contribution >= 0.6 is 0 Å². The standard InChI is InChI=1S/C31H25FN10O3/c1-18-3-2-4-24(35-18)30-38-37-28-8-6-22(15-41(28)30)36-31(45)27-12-21(32)14-40(27)29(44)16-42-26-7-5-19(20-9-10-33-34-13-20)11-23(26)25(17-43)39-42/h2-11,13,15,17,21,27H,12,14,16H2,1H3,(H,36,45). The third kappa shape index (κ3) is 5.26. The van der Waals surface area contributed by atoms with E-state index in [1.54, 1.807) is 53.3 Å². The summed E-state index contributed by atoms with van der Waals surface area (Å²) in [6, 6.07) is 15.0. The number of amides is 2. The first-order chi connectivity index (χ1) is 21.9. The minimum Gasteiger partial charge on any atom is -0.326 e. The summed E-state index contributed by atoms with van der Waals surface area (Å²) >= 11 is 0. The van der Waals surface area contributed by atoms with Gasteiger partial charge in [0.25, 0.3) is 0 Å². The van der Waals surface area contributed by atoms with E-state index in [2.05, 4.69) is 35.8 Å². The van der Waals surface area contributed by atoms with E-state index in [0.29, 0.717) is 40.0 Å². The van der Waals surface area contributed by atoms with Gasteiger partial charge in [-0.15, -0.1) is 10.2 Å². The summed E-state index contributed by atoms with van der Waals surface area (Å²) in [6.07, 6.45) is 3.93. The van der Waals surface area contributed by atoms with Gasteiger partial charge in [-0.3, -0.25) is 23.5 Å². The summed E-state index contributed by atoms with van der Waals surface area (Å²) in [5.41, 5.74) is 4.73. The lowest BCUT2D eigenvalue weighted by Crippen LogP contribution is -2.44. The molecule has 14 heteroatoms. The first-order valence-electron chi connectivity index (χ1n) is 14.1. The van der Waals surface area contributed by atoms with Gasteiger partial charge < -0.3 is 10.2 Å². The Labute approximate surface area is 254 Å². The monoisotopic (exact) mass is 604 g/mol. The van der Waals surface area contributed by atoms with Crippen molar-refractivity contribution in [2.24, 2.45) is 0 Å². The highest BCUT2D eigenvalue weighted by Gasteiger charge is 2.40. The number of carbonyl (C=O) groups excluding carboxylic acids is 3. The molecule has 2 unspecified atom stereocenters. The molecule has 224 valence electrons. The number of benzene rings is 1. The molecule has 45 heavy (non-hydrogen) atoms. The number of nitrogens with zero attached hydrogens (tertiary/aromatic N) is 9. The molecule has 2 atom stereocenters. The summed E-state index contributed by atoms with van der Waals surface area (Å²) < 4.78 is 17.8. The quantitative estimate of drug-likeness (QED) is 0.271. The molecule has 0 bridgehead atoms. The predicted octanol–water partition coefficient (Wildman–Crippen LogP) is 3.30. The van der Waals surface area contributed by atoms with Crippen molar-refractivity contribution in [1.29, 1.82) is 0 Å². The lowest BCUT2D eigenvalue weighted by Gasteiger charge is -2.23. The molecule has 1 N–H and O–H groups in total. The largest absolute Gasteiger partial charge is 0.326 e. The van der Waals surface area contributed by atoms with Gasteiger partial charge in [0, 0.05) is 29.3 Å². The molecule has 6 aromatic rings. The smallest absolute Gasteiger partial charge is 0.247 e. The maximum absolute atomic E-state index is 14.7. The topological polar surface area (TPSA) is 153 Å². The molecule has 1 aliphatic rings. The van der Waals surface area contributed by atoms with E-state index in [0.717, 1.165) is 16.8 Å². The lowest BCUT2D eigenvalue weighted by molar-refractivity contribution is -0.137. The van der Waals surface area contributed by atoms with Crippen LogP contribution in [0.5, 0.6) is 0 Å². The van der Waals surface area contributed by atoms with Crippen LogP contribution in [-0.2, 0) is 16.1 Å². The zero-order chi connectivity index (χ0) is 31.1. The molecule has 1 aliphatic heterocycles. The van der Waals surface area contributed by atoms with Crippen molar-refractivity contribution in [1.82, 2.24) is 44.5 Å². The molecule has 7 rings (SSSR count). The zero-order valence-electron chi connectivity index (χ0n) is 23.9. The fraction of sp³-hybridized carbons (Fsp3) is 0.194. The number of alkyl halides is 1. The van der Waals surface area contributed by atoms with E-state index < -0.39 is 24.0 Å². The SMILES string of the molecule is Cc1cccc(-c2nnc3ccc(NC(=O)C4CC(F)CN4C(=O)Cn4nc(C=O)c5cc(-c6ccnnc6)ccc54)cn23)n1. The van der Waals surface area contributed by atoms with E-state index in [1.165, 1.54) is 9.58 Å². The highest BCUT2D eigenvalue weighted by atomic mass is 19.1.